The van der Waals surface area contributed by atoms with Crippen LogP contribution in [0.5, 0.6) is 0 Å². The summed E-state index contributed by atoms with van der Waals surface area (Å²) in [5.74, 6) is 5.37. The SMILES string of the molecule is Cc1cccc(CC(NN)c2ccc(F)cc2Br)c1. The van der Waals surface area contributed by atoms with Crippen molar-refractivity contribution in [3.05, 3.63) is 69.4 Å². The number of aryl methyl sites for hydroxylation is 1. The molecule has 2 nitrogen and oxygen atoms in total. The zero-order valence-electron chi connectivity index (χ0n) is 10.7. The maximum atomic E-state index is 13.1. The minimum absolute atomic E-state index is 0.0585. The lowest BCUT2D eigenvalue weighted by Crippen LogP contribution is -2.29. The van der Waals surface area contributed by atoms with Crippen LogP contribution in [-0.4, -0.2) is 0 Å². The minimum Gasteiger partial charge on any atom is -0.271 e. The number of halogens is 2. The molecule has 0 saturated carbocycles. The smallest absolute Gasteiger partial charge is 0.124 e. The Balaban J connectivity index is 2.25. The molecular formula is C15H16BrFN2. The van der Waals surface area contributed by atoms with Crippen molar-refractivity contribution >= 4 is 15.9 Å². The molecule has 0 saturated heterocycles. The molecule has 100 valence electrons. The first-order valence-electron chi connectivity index (χ1n) is 6.07. The highest BCUT2D eigenvalue weighted by atomic mass is 79.9. The molecule has 19 heavy (non-hydrogen) atoms. The van der Waals surface area contributed by atoms with E-state index in [0.29, 0.717) is 0 Å². The molecule has 2 aromatic carbocycles. The van der Waals surface area contributed by atoms with Gasteiger partial charge < -0.3 is 0 Å². The van der Waals surface area contributed by atoms with Crippen molar-refractivity contribution in [3.8, 4) is 0 Å². The van der Waals surface area contributed by atoms with Crippen LogP contribution in [0.1, 0.15) is 22.7 Å². The molecule has 0 aliphatic heterocycles. The van der Waals surface area contributed by atoms with Gasteiger partial charge in [0.2, 0.25) is 0 Å². The number of benzene rings is 2. The lowest BCUT2D eigenvalue weighted by molar-refractivity contribution is 0.547. The van der Waals surface area contributed by atoms with Crippen LogP contribution in [0, 0.1) is 12.7 Å². The van der Waals surface area contributed by atoms with Crippen molar-refractivity contribution in [1.82, 2.24) is 5.43 Å². The third kappa shape index (κ3) is 3.62. The molecule has 2 aromatic rings. The highest BCUT2D eigenvalue weighted by Gasteiger charge is 2.14. The second kappa shape index (κ2) is 6.28. The van der Waals surface area contributed by atoms with E-state index < -0.39 is 0 Å². The average Bonchev–Trinajstić information content (AvgIpc) is 2.37. The van der Waals surface area contributed by atoms with Gasteiger partial charge in [-0.1, -0.05) is 51.8 Å². The standard InChI is InChI=1S/C15H16BrFN2/c1-10-3-2-4-11(7-10)8-15(19-18)13-6-5-12(17)9-14(13)16/h2-7,9,15,19H,8,18H2,1H3. The van der Waals surface area contributed by atoms with E-state index in [4.69, 9.17) is 5.84 Å². The lowest BCUT2D eigenvalue weighted by Gasteiger charge is -2.18. The molecule has 0 aliphatic rings. The van der Waals surface area contributed by atoms with Crippen molar-refractivity contribution in [2.45, 2.75) is 19.4 Å². The van der Waals surface area contributed by atoms with Crippen LogP contribution in [0.15, 0.2) is 46.9 Å². The number of nitrogens with two attached hydrogens (primary N) is 1. The van der Waals surface area contributed by atoms with Crippen LogP contribution < -0.4 is 11.3 Å². The minimum atomic E-state index is -0.262. The first kappa shape index (κ1) is 14.2. The number of nitrogens with one attached hydrogen (secondary N) is 1. The van der Waals surface area contributed by atoms with Gasteiger partial charge in [0.05, 0.1) is 6.04 Å². The van der Waals surface area contributed by atoms with Crippen LogP contribution in [0.3, 0.4) is 0 Å². The Morgan fingerprint density at radius 2 is 2.05 bits per heavy atom. The van der Waals surface area contributed by atoms with Gasteiger partial charge in [-0.25, -0.2) is 4.39 Å². The average molecular weight is 323 g/mol. The van der Waals surface area contributed by atoms with E-state index in [9.17, 15) is 4.39 Å². The highest BCUT2D eigenvalue weighted by molar-refractivity contribution is 9.10. The third-order valence-electron chi connectivity index (χ3n) is 3.06. The first-order chi connectivity index (χ1) is 9.10. The molecule has 0 aromatic heterocycles. The summed E-state index contributed by atoms with van der Waals surface area (Å²) in [5, 5.41) is 0. The van der Waals surface area contributed by atoms with Crippen molar-refractivity contribution in [2.24, 2.45) is 5.84 Å². The molecule has 0 heterocycles. The van der Waals surface area contributed by atoms with Crippen molar-refractivity contribution < 1.29 is 4.39 Å². The van der Waals surface area contributed by atoms with E-state index in [1.165, 1.54) is 23.3 Å². The molecule has 0 bridgehead atoms. The Kier molecular flexibility index (Phi) is 4.69. The van der Waals surface area contributed by atoms with Gasteiger partial charge in [-0.15, -0.1) is 0 Å². The van der Waals surface area contributed by atoms with Crippen molar-refractivity contribution in [3.63, 3.8) is 0 Å². The first-order valence-corrected chi connectivity index (χ1v) is 6.86. The monoisotopic (exact) mass is 322 g/mol. The van der Waals surface area contributed by atoms with E-state index in [-0.39, 0.29) is 11.9 Å². The highest BCUT2D eigenvalue weighted by Crippen LogP contribution is 2.26. The summed E-state index contributed by atoms with van der Waals surface area (Å²) < 4.78 is 13.8. The summed E-state index contributed by atoms with van der Waals surface area (Å²) in [7, 11) is 0. The molecule has 1 unspecified atom stereocenters. The second-order valence-electron chi connectivity index (χ2n) is 4.58. The van der Waals surface area contributed by atoms with Gasteiger partial charge in [0.1, 0.15) is 5.82 Å². The van der Waals surface area contributed by atoms with Gasteiger partial charge in [-0.3, -0.25) is 11.3 Å². The van der Waals surface area contributed by atoms with Gasteiger partial charge in [-0.2, -0.15) is 0 Å². The Hall–Kier alpha value is -1.23. The van der Waals surface area contributed by atoms with Gasteiger partial charge in [-0.05, 0) is 36.6 Å². The Morgan fingerprint density at radius 3 is 2.68 bits per heavy atom. The van der Waals surface area contributed by atoms with Crippen molar-refractivity contribution in [2.75, 3.05) is 0 Å². The Bertz CT molecular complexity index is 572. The Morgan fingerprint density at radius 1 is 1.26 bits per heavy atom. The summed E-state index contributed by atoms with van der Waals surface area (Å²) in [6.45, 7) is 2.06. The van der Waals surface area contributed by atoms with Crippen LogP contribution in [0.2, 0.25) is 0 Å². The van der Waals surface area contributed by atoms with E-state index in [1.54, 1.807) is 6.07 Å². The largest absolute Gasteiger partial charge is 0.271 e. The Labute approximate surface area is 120 Å². The zero-order chi connectivity index (χ0) is 13.8. The van der Waals surface area contributed by atoms with Gasteiger partial charge in [0, 0.05) is 4.47 Å². The van der Waals surface area contributed by atoms with Gasteiger partial charge >= 0.3 is 0 Å². The number of hydrazine groups is 1. The summed E-state index contributed by atoms with van der Waals surface area (Å²) >= 11 is 3.38. The molecule has 0 radical (unpaired) electrons. The maximum absolute atomic E-state index is 13.1. The molecule has 3 N–H and O–H groups in total. The quantitative estimate of drug-likeness (QED) is 0.666. The number of rotatable bonds is 4. The van der Waals surface area contributed by atoms with Crippen molar-refractivity contribution in [1.29, 1.82) is 0 Å². The van der Waals surface area contributed by atoms with E-state index in [0.717, 1.165) is 16.5 Å². The fourth-order valence-corrected chi connectivity index (χ4v) is 2.74. The van der Waals surface area contributed by atoms with Gasteiger partial charge in [0.15, 0.2) is 0 Å². The second-order valence-corrected chi connectivity index (χ2v) is 5.43. The molecule has 1 atom stereocenters. The summed E-state index contributed by atoms with van der Waals surface area (Å²) in [5.41, 5.74) is 6.15. The van der Waals surface area contributed by atoms with Crippen LogP contribution in [0.25, 0.3) is 0 Å². The molecule has 0 amide bonds. The molecule has 0 fully saturated rings. The predicted molar refractivity (Wildman–Crippen MR) is 79.0 cm³/mol. The molecular weight excluding hydrogens is 307 g/mol. The fourth-order valence-electron chi connectivity index (χ4n) is 2.12. The lowest BCUT2D eigenvalue weighted by atomic mass is 9.98. The summed E-state index contributed by atoms with van der Waals surface area (Å²) in [6.07, 6.45) is 0.752. The predicted octanol–water partition coefficient (Wildman–Crippen LogP) is 3.64. The third-order valence-corrected chi connectivity index (χ3v) is 3.75. The molecule has 2 rings (SSSR count). The molecule has 0 aliphatic carbocycles. The summed E-state index contributed by atoms with van der Waals surface area (Å²) in [4.78, 5) is 0. The summed E-state index contributed by atoms with van der Waals surface area (Å²) in [6, 6.07) is 12.9. The maximum Gasteiger partial charge on any atom is 0.124 e. The topological polar surface area (TPSA) is 38.0 Å². The van der Waals surface area contributed by atoms with Crippen LogP contribution in [-0.2, 0) is 6.42 Å². The number of hydrogen-bond acceptors (Lipinski definition) is 2. The van der Waals surface area contributed by atoms with Crippen LogP contribution >= 0.6 is 15.9 Å². The van der Waals surface area contributed by atoms with Gasteiger partial charge in [0.25, 0.3) is 0 Å². The normalized spacial score (nSPS) is 12.4. The zero-order valence-corrected chi connectivity index (χ0v) is 12.2. The fraction of sp³-hybridized carbons (Fsp3) is 0.200. The van der Waals surface area contributed by atoms with E-state index >= 15 is 0 Å². The van der Waals surface area contributed by atoms with Crippen LogP contribution in [0.4, 0.5) is 4.39 Å². The van der Waals surface area contributed by atoms with E-state index in [2.05, 4.69) is 46.5 Å². The molecule has 0 spiro atoms. The van der Waals surface area contributed by atoms with E-state index in [1.807, 2.05) is 6.07 Å². The molecule has 4 heteroatoms. The number of hydrogen-bond donors (Lipinski definition) is 2.